The Labute approximate surface area is 84.2 Å². The van der Waals surface area contributed by atoms with E-state index in [2.05, 4.69) is 9.97 Å². The third kappa shape index (κ3) is 3.05. The fourth-order valence-corrected chi connectivity index (χ4v) is 0.967. The van der Waals surface area contributed by atoms with Gasteiger partial charge in [0, 0.05) is 26.0 Å². The van der Waals surface area contributed by atoms with Crippen molar-refractivity contribution in [3.63, 3.8) is 0 Å². The van der Waals surface area contributed by atoms with Crippen LogP contribution in [0.1, 0.15) is 11.4 Å². The lowest BCUT2D eigenvalue weighted by atomic mass is 10.3. The quantitative estimate of drug-likeness (QED) is 0.725. The monoisotopic (exact) mass is 193 g/mol. The highest BCUT2D eigenvalue weighted by Crippen LogP contribution is 2.07. The van der Waals surface area contributed by atoms with E-state index in [0.29, 0.717) is 6.01 Å². The summed E-state index contributed by atoms with van der Waals surface area (Å²) in [6, 6.07) is 2.31. The van der Waals surface area contributed by atoms with Gasteiger partial charge in [0.1, 0.15) is 0 Å². The van der Waals surface area contributed by atoms with E-state index in [1.54, 1.807) is 7.11 Å². The number of hydrogen-bond acceptors (Lipinski definition) is 4. The number of methoxy groups -OCH3 is 1. The third-order valence-corrected chi connectivity index (χ3v) is 1.58. The lowest BCUT2D eigenvalue weighted by Gasteiger charge is -2.04. The van der Waals surface area contributed by atoms with E-state index < -0.39 is 0 Å². The standard InChI is InChI=1S/C10H15N3O/c1-8-7-9(5-6-13(2)3)12-10(11-8)14-4/h5-7H,1-4H3/b6-5+. The topological polar surface area (TPSA) is 38.2 Å². The third-order valence-electron chi connectivity index (χ3n) is 1.58. The first kappa shape index (κ1) is 10.5. The second-order valence-corrected chi connectivity index (χ2v) is 3.20. The first-order valence-corrected chi connectivity index (χ1v) is 4.36. The number of nitrogens with zero attached hydrogens (tertiary/aromatic N) is 3. The van der Waals surface area contributed by atoms with Gasteiger partial charge in [-0.3, -0.25) is 0 Å². The summed E-state index contributed by atoms with van der Waals surface area (Å²) >= 11 is 0. The Hall–Kier alpha value is -1.58. The Morgan fingerprint density at radius 2 is 2.07 bits per heavy atom. The Morgan fingerprint density at radius 3 is 2.64 bits per heavy atom. The molecule has 0 atom stereocenters. The fraction of sp³-hybridized carbons (Fsp3) is 0.400. The smallest absolute Gasteiger partial charge is 0.316 e. The number of rotatable bonds is 3. The van der Waals surface area contributed by atoms with Crippen molar-refractivity contribution in [1.29, 1.82) is 0 Å². The van der Waals surface area contributed by atoms with E-state index in [9.17, 15) is 0 Å². The van der Waals surface area contributed by atoms with Crippen LogP contribution in [0, 0.1) is 6.92 Å². The zero-order valence-corrected chi connectivity index (χ0v) is 8.98. The van der Waals surface area contributed by atoms with Gasteiger partial charge in [-0.05, 0) is 19.1 Å². The molecular weight excluding hydrogens is 178 g/mol. The van der Waals surface area contributed by atoms with Gasteiger partial charge < -0.3 is 9.64 Å². The second-order valence-electron chi connectivity index (χ2n) is 3.20. The van der Waals surface area contributed by atoms with Crippen LogP contribution in [0.25, 0.3) is 6.08 Å². The fourth-order valence-electron chi connectivity index (χ4n) is 0.967. The van der Waals surface area contributed by atoms with Gasteiger partial charge in [-0.1, -0.05) is 0 Å². The molecule has 0 fully saturated rings. The largest absolute Gasteiger partial charge is 0.467 e. The molecule has 1 aromatic rings. The normalized spacial score (nSPS) is 10.6. The maximum Gasteiger partial charge on any atom is 0.316 e. The zero-order valence-electron chi connectivity index (χ0n) is 8.98. The van der Waals surface area contributed by atoms with Crippen molar-refractivity contribution >= 4 is 6.08 Å². The molecule has 0 bridgehead atoms. The van der Waals surface area contributed by atoms with Crippen molar-refractivity contribution in [3.05, 3.63) is 23.7 Å². The molecule has 0 aliphatic carbocycles. The number of ether oxygens (including phenoxy) is 1. The Bertz CT molecular complexity index is 334. The molecule has 0 aliphatic rings. The Morgan fingerprint density at radius 1 is 1.36 bits per heavy atom. The van der Waals surface area contributed by atoms with Crippen LogP contribution in [-0.4, -0.2) is 36.1 Å². The van der Waals surface area contributed by atoms with Gasteiger partial charge in [-0.25, -0.2) is 4.98 Å². The van der Waals surface area contributed by atoms with Crippen LogP contribution in [0.2, 0.25) is 0 Å². The molecule has 14 heavy (non-hydrogen) atoms. The minimum absolute atomic E-state index is 0.406. The maximum absolute atomic E-state index is 4.97. The van der Waals surface area contributed by atoms with Crippen molar-refractivity contribution in [2.75, 3.05) is 21.2 Å². The lowest BCUT2D eigenvalue weighted by molar-refractivity contribution is 0.378. The molecule has 0 amide bonds. The van der Waals surface area contributed by atoms with Gasteiger partial charge in [-0.2, -0.15) is 4.98 Å². The molecule has 4 nitrogen and oxygen atoms in total. The van der Waals surface area contributed by atoms with Crippen LogP contribution in [0.3, 0.4) is 0 Å². The van der Waals surface area contributed by atoms with Crippen LogP contribution in [0.15, 0.2) is 12.3 Å². The molecule has 0 spiro atoms. The van der Waals surface area contributed by atoms with Crippen LogP contribution in [0.4, 0.5) is 0 Å². The van der Waals surface area contributed by atoms with Gasteiger partial charge in [-0.15, -0.1) is 0 Å². The highest BCUT2D eigenvalue weighted by molar-refractivity contribution is 5.44. The summed E-state index contributed by atoms with van der Waals surface area (Å²) in [5.41, 5.74) is 1.75. The second kappa shape index (κ2) is 4.60. The molecule has 4 heteroatoms. The predicted molar refractivity (Wildman–Crippen MR) is 56.0 cm³/mol. The molecule has 0 saturated heterocycles. The minimum atomic E-state index is 0.406. The maximum atomic E-state index is 4.97. The molecule has 1 heterocycles. The number of hydrogen-bond donors (Lipinski definition) is 0. The summed E-state index contributed by atoms with van der Waals surface area (Å²) in [6.45, 7) is 1.91. The first-order valence-electron chi connectivity index (χ1n) is 4.36. The van der Waals surface area contributed by atoms with Crippen molar-refractivity contribution in [2.45, 2.75) is 6.92 Å². The molecule has 0 aliphatic heterocycles. The zero-order chi connectivity index (χ0) is 10.6. The van der Waals surface area contributed by atoms with Gasteiger partial charge in [0.25, 0.3) is 0 Å². The highest BCUT2D eigenvalue weighted by atomic mass is 16.5. The van der Waals surface area contributed by atoms with Gasteiger partial charge in [0.15, 0.2) is 0 Å². The Balaban J connectivity index is 2.92. The van der Waals surface area contributed by atoms with Gasteiger partial charge in [0.05, 0.1) is 12.8 Å². The van der Waals surface area contributed by atoms with E-state index in [-0.39, 0.29) is 0 Å². The van der Waals surface area contributed by atoms with E-state index in [1.807, 2.05) is 44.3 Å². The number of aromatic nitrogens is 2. The van der Waals surface area contributed by atoms with Crippen molar-refractivity contribution in [3.8, 4) is 6.01 Å². The Kier molecular flexibility index (Phi) is 3.45. The average Bonchev–Trinajstić information content (AvgIpc) is 2.14. The molecule has 0 unspecified atom stereocenters. The van der Waals surface area contributed by atoms with Crippen molar-refractivity contribution in [1.82, 2.24) is 14.9 Å². The molecule has 76 valence electrons. The van der Waals surface area contributed by atoms with Gasteiger partial charge >= 0.3 is 6.01 Å². The summed E-state index contributed by atoms with van der Waals surface area (Å²) in [5.74, 6) is 0. The summed E-state index contributed by atoms with van der Waals surface area (Å²) in [4.78, 5) is 10.2. The summed E-state index contributed by atoms with van der Waals surface area (Å²) in [6.07, 6.45) is 3.85. The van der Waals surface area contributed by atoms with Crippen LogP contribution in [-0.2, 0) is 0 Å². The van der Waals surface area contributed by atoms with Crippen LogP contribution >= 0.6 is 0 Å². The van der Waals surface area contributed by atoms with E-state index >= 15 is 0 Å². The lowest BCUT2D eigenvalue weighted by Crippen LogP contribution is -2.01. The minimum Gasteiger partial charge on any atom is -0.467 e. The highest BCUT2D eigenvalue weighted by Gasteiger charge is 1.98. The summed E-state index contributed by atoms with van der Waals surface area (Å²) < 4.78 is 4.97. The molecule has 0 N–H and O–H groups in total. The van der Waals surface area contributed by atoms with Crippen molar-refractivity contribution < 1.29 is 4.74 Å². The summed E-state index contributed by atoms with van der Waals surface area (Å²) in [5, 5.41) is 0. The van der Waals surface area contributed by atoms with Gasteiger partial charge in [0.2, 0.25) is 0 Å². The number of aryl methyl sites for hydroxylation is 1. The van der Waals surface area contributed by atoms with E-state index in [4.69, 9.17) is 4.74 Å². The predicted octanol–water partition coefficient (Wildman–Crippen LogP) is 1.33. The van der Waals surface area contributed by atoms with E-state index in [1.165, 1.54) is 0 Å². The molecule has 1 rings (SSSR count). The van der Waals surface area contributed by atoms with E-state index in [0.717, 1.165) is 11.4 Å². The van der Waals surface area contributed by atoms with Crippen molar-refractivity contribution in [2.24, 2.45) is 0 Å². The average molecular weight is 193 g/mol. The molecular formula is C10H15N3O. The molecule has 0 aromatic carbocycles. The van der Waals surface area contributed by atoms with Crippen LogP contribution < -0.4 is 4.74 Å². The molecule has 0 saturated carbocycles. The summed E-state index contributed by atoms with van der Waals surface area (Å²) in [7, 11) is 5.48. The van der Waals surface area contributed by atoms with Crippen LogP contribution in [0.5, 0.6) is 6.01 Å². The molecule has 0 radical (unpaired) electrons. The molecule has 1 aromatic heterocycles. The first-order chi connectivity index (χ1) is 6.61. The SMILES string of the molecule is COc1nc(C)cc(/C=C/N(C)C)n1.